The molecule has 4 aliphatic carbocycles. The van der Waals surface area contributed by atoms with E-state index in [4.69, 9.17) is 0 Å². The number of allylic oxidation sites excluding steroid dienone is 3. The van der Waals surface area contributed by atoms with Gasteiger partial charge in [-0.15, -0.1) is 0 Å². The predicted molar refractivity (Wildman–Crippen MR) is 94.0 cm³/mol. The molecule has 0 aromatic rings. The van der Waals surface area contributed by atoms with Crippen LogP contribution in [0.1, 0.15) is 52.4 Å². The van der Waals surface area contributed by atoms with Crippen molar-refractivity contribution in [2.24, 2.45) is 22.7 Å². The van der Waals surface area contributed by atoms with Crippen LogP contribution in [-0.2, 0) is 9.59 Å². The highest BCUT2D eigenvalue weighted by atomic mass is 19.1. The van der Waals surface area contributed by atoms with Gasteiger partial charge in [-0.25, -0.2) is 4.39 Å². The molecule has 0 aliphatic heterocycles. The summed E-state index contributed by atoms with van der Waals surface area (Å²) in [5.74, 6) is -0.959. The molecule has 142 valence electrons. The predicted octanol–water partition coefficient (Wildman–Crippen LogP) is 2.68. The van der Waals surface area contributed by atoms with Crippen LogP contribution in [0, 0.1) is 22.7 Å². The van der Waals surface area contributed by atoms with Crippen molar-refractivity contribution in [1.29, 1.82) is 0 Å². The number of aliphatic hydroxyl groups excluding tert-OH is 1. The van der Waals surface area contributed by atoms with Crippen LogP contribution >= 0.6 is 0 Å². The fourth-order valence-electron chi connectivity index (χ4n) is 6.46. The Labute approximate surface area is 153 Å². The molecule has 0 bridgehead atoms. The minimum Gasteiger partial charge on any atom is -0.388 e. The molecule has 0 spiro atoms. The molecule has 26 heavy (non-hydrogen) atoms. The van der Waals surface area contributed by atoms with Gasteiger partial charge in [-0.05, 0) is 50.2 Å². The summed E-state index contributed by atoms with van der Waals surface area (Å²) in [5, 5.41) is 20.4. The van der Waals surface area contributed by atoms with Crippen LogP contribution in [0.25, 0.3) is 0 Å². The summed E-state index contributed by atoms with van der Waals surface area (Å²) in [6.45, 7) is 3.04. The molecule has 2 saturated carbocycles. The highest BCUT2D eigenvalue weighted by Gasteiger charge is 2.69. The largest absolute Gasteiger partial charge is 0.388 e. The lowest BCUT2D eigenvalue weighted by molar-refractivity contribution is -0.155. The van der Waals surface area contributed by atoms with Crippen LogP contribution in [0.2, 0.25) is 0 Å². The SMILES string of the molecule is C[C@]12CCC(=O)C=C1CC[C@H]1[C@@H]3CC[C@](O)(C(=O)CO)[C@@]3(C)C=C[C@@]12F. The first-order valence-electron chi connectivity index (χ1n) is 9.62. The summed E-state index contributed by atoms with van der Waals surface area (Å²) < 4.78 is 16.6. The van der Waals surface area contributed by atoms with Crippen LogP contribution in [-0.4, -0.2) is 39.7 Å². The minimum absolute atomic E-state index is 0.0768. The van der Waals surface area contributed by atoms with Crippen molar-refractivity contribution in [1.82, 2.24) is 0 Å². The second-order valence-electron chi connectivity index (χ2n) is 9.08. The van der Waals surface area contributed by atoms with Crippen molar-refractivity contribution in [2.45, 2.75) is 63.6 Å². The van der Waals surface area contributed by atoms with E-state index in [0.717, 1.165) is 5.57 Å². The molecule has 4 rings (SSSR count). The van der Waals surface area contributed by atoms with Crippen LogP contribution in [0.5, 0.6) is 0 Å². The van der Waals surface area contributed by atoms with Gasteiger partial charge in [0.1, 0.15) is 17.9 Å². The Balaban J connectivity index is 1.82. The van der Waals surface area contributed by atoms with E-state index >= 15 is 4.39 Å². The van der Waals surface area contributed by atoms with Crippen molar-refractivity contribution >= 4 is 11.6 Å². The number of carbonyl (C=O) groups is 2. The highest BCUT2D eigenvalue weighted by Crippen LogP contribution is 2.67. The quantitative estimate of drug-likeness (QED) is 0.741. The third-order valence-electron chi connectivity index (χ3n) is 8.27. The number of carbonyl (C=O) groups excluding carboxylic acids is 2. The topological polar surface area (TPSA) is 74.6 Å². The van der Waals surface area contributed by atoms with Crippen molar-refractivity contribution in [3.05, 3.63) is 23.8 Å². The number of hydrogen-bond acceptors (Lipinski definition) is 4. The zero-order valence-electron chi connectivity index (χ0n) is 15.4. The fourth-order valence-corrected chi connectivity index (χ4v) is 6.46. The van der Waals surface area contributed by atoms with E-state index in [2.05, 4.69) is 0 Å². The molecule has 2 fully saturated rings. The van der Waals surface area contributed by atoms with Gasteiger partial charge in [0.25, 0.3) is 0 Å². The smallest absolute Gasteiger partial charge is 0.190 e. The van der Waals surface area contributed by atoms with E-state index in [-0.39, 0.29) is 24.0 Å². The Morgan fingerprint density at radius 3 is 2.62 bits per heavy atom. The second-order valence-corrected chi connectivity index (χ2v) is 9.08. The second kappa shape index (κ2) is 5.35. The zero-order chi connectivity index (χ0) is 19.0. The van der Waals surface area contributed by atoms with E-state index in [1.54, 1.807) is 18.2 Å². The lowest BCUT2D eigenvalue weighted by Gasteiger charge is -2.59. The number of aliphatic hydroxyl groups is 2. The monoisotopic (exact) mass is 362 g/mol. The summed E-state index contributed by atoms with van der Waals surface area (Å²) in [5.41, 5.74) is -3.88. The number of alkyl halides is 1. The van der Waals surface area contributed by atoms with Crippen LogP contribution in [0.3, 0.4) is 0 Å². The Bertz CT molecular complexity index is 742. The molecule has 0 aromatic carbocycles. The maximum absolute atomic E-state index is 16.6. The molecule has 0 aromatic heterocycles. The normalized spacial score (nSPS) is 49.9. The molecule has 5 heteroatoms. The summed E-state index contributed by atoms with van der Waals surface area (Å²) in [6.07, 6.45) is 7.88. The van der Waals surface area contributed by atoms with Crippen LogP contribution in [0.15, 0.2) is 23.8 Å². The van der Waals surface area contributed by atoms with Gasteiger partial charge >= 0.3 is 0 Å². The van der Waals surface area contributed by atoms with E-state index in [9.17, 15) is 19.8 Å². The van der Waals surface area contributed by atoms with Gasteiger partial charge in [0, 0.05) is 23.2 Å². The first-order chi connectivity index (χ1) is 12.1. The maximum Gasteiger partial charge on any atom is 0.190 e. The van der Waals surface area contributed by atoms with E-state index in [1.807, 2.05) is 13.8 Å². The Morgan fingerprint density at radius 2 is 1.92 bits per heavy atom. The molecule has 6 atom stereocenters. The highest BCUT2D eigenvalue weighted by molar-refractivity contribution is 5.92. The van der Waals surface area contributed by atoms with E-state index in [1.165, 1.54) is 0 Å². The number of ketones is 2. The molecule has 2 N–H and O–H groups in total. The third kappa shape index (κ3) is 1.91. The Morgan fingerprint density at radius 1 is 1.19 bits per heavy atom. The number of fused-ring (bicyclic) bond motifs is 5. The van der Waals surface area contributed by atoms with Crippen LogP contribution in [0.4, 0.5) is 4.39 Å². The molecular formula is C21H27FO4. The number of rotatable bonds is 2. The van der Waals surface area contributed by atoms with Gasteiger partial charge in [-0.2, -0.15) is 0 Å². The zero-order valence-corrected chi connectivity index (χ0v) is 15.4. The summed E-state index contributed by atoms with van der Waals surface area (Å²) in [7, 11) is 0. The molecule has 0 amide bonds. The Hall–Kier alpha value is -1.33. The Kier molecular flexibility index (Phi) is 3.72. The first-order valence-corrected chi connectivity index (χ1v) is 9.62. The molecule has 0 radical (unpaired) electrons. The third-order valence-corrected chi connectivity index (χ3v) is 8.27. The van der Waals surface area contributed by atoms with Gasteiger partial charge in [-0.3, -0.25) is 9.59 Å². The summed E-state index contributed by atoms with van der Waals surface area (Å²) in [6, 6.07) is 0. The average Bonchev–Trinajstić information content (AvgIpc) is 2.88. The van der Waals surface area contributed by atoms with Gasteiger partial charge in [-0.1, -0.05) is 25.5 Å². The number of hydrogen-bond donors (Lipinski definition) is 2. The maximum atomic E-state index is 16.6. The molecular weight excluding hydrogens is 335 g/mol. The van der Waals surface area contributed by atoms with Gasteiger partial charge in [0.05, 0.1) is 0 Å². The van der Waals surface area contributed by atoms with Gasteiger partial charge < -0.3 is 10.2 Å². The average molecular weight is 362 g/mol. The van der Waals surface area contributed by atoms with Gasteiger partial charge in [0.15, 0.2) is 11.6 Å². The minimum atomic E-state index is -1.64. The van der Waals surface area contributed by atoms with Crippen molar-refractivity contribution < 1.29 is 24.2 Å². The number of halogens is 1. The van der Waals surface area contributed by atoms with Crippen molar-refractivity contribution in [2.75, 3.05) is 6.61 Å². The molecule has 4 aliphatic rings. The fraction of sp³-hybridized carbons (Fsp3) is 0.714. The van der Waals surface area contributed by atoms with Crippen molar-refractivity contribution in [3.8, 4) is 0 Å². The lowest BCUT2D eigenvalue weighted by Crippen LogP contribution is -2.61. The van der Waals surface area contributed by atoms with Crippen LogP contribution < -0.4 is 0 Å². The molecule has 4 nitrogen and oxygen atoms in total. The lowest BCUT2D eigenvalue weighted by atomic mass is 9.47. The van der Waals surface area contributed by atoms with Gasteiger partial charge in [0.2, 0.25) is 0 Å². The van der Waals surface area contributed by atoms with E-state index < -0.39 is 34.5 Å². The number of Topliss-reactive ketones (excluding diaryl/α,β-unsaturated/α-hetero) is 1. The molecule has 0 heterocycles. The van der Waals surface area contributed by atoms with Crippen molar-refractivity contribution in [3.63, 3.8) is 0 Å². The van der Waals surface area contributed by atoms with E-state index in [0.29, 0.717) is 32.1 Å². The first kappa shape index (κ1) is 18.1. The summed E-state index contributed by atoms with van der Waals surface area (Å²) in [4.78, 5) is 24.1. The summed E-state index contributed by atoms with van der Waals surface area (Å²) >= 11 is 0. The molecule has 0 saturated heterocycles. The standard InChI is InChI=1S/C21H27FO4/c1-18-7-5-14(24)11-13(18)3-4-16-15-6-8-21(26,17(25)12-23)19(15,2)9-10-20(16,18)22/h9-11,15-16,23,26H,3-8,12H2,1-2H3/t15-,16-,18-,19-,20+,21-/m0/s1. The molecule has 0 unspecified atom stereocenters.